The Labute approximate surface area is 117 Å². The highest BCUT2D eigenvalue weighted by molar-refractivity contribution is 5.98. The second-order valence-corrected chi connectivity index (χ2v) is 5.88. The van der Waals surface area contributed by atoms with Gasteiger partial charge in [-0.15, -0.1) is 0 Å². The summed E-state index contributed by atoms with van der Waals surface area (Å²) in [4.78, 5) is 24.7. The summed E-state index contributed by atoms with van der Waals surface area (Å²) >= 11 is 0. The molecule has 0 amide bonds. The number of nitro groups is 1. The number of carbonyl (C=O) groups is 1. The minimum Gasteiger partial charge on any atom is -0.295 e. The number of hydrogen-bond acceptors (Lipinski definition) is 4. The Balaban J connectivity index is 1.65. The number of carbonyl (C=O) groups excluding carboxylic acids is 1. The molecule has 20 heavy (non-hydrogen) atoms. The van der Waals surface area contributed by atoms with E-state index in [-0.39, 0.29) is 11.5 Å². The van der Waals surface area contributed by atoms with Gasteiger partial charge in [0.2, 0.25) is 0 Å². The Bertz CT molecular complexity index is 532. The predicted molar refractivity (Wildman–Crippen MR) is 74.7 cm³/mol. The maximum Gasteiger partial charge on any atom is 0.270 e. The van der Waals surface area contributed by atoms with Crippen molar-refractivity contribution in [3.63, 3.8) is 0 Å². The molecule has 106 valence electrons. The largest absolute Gasteiger partial charge is 0.295 e. The molecule has 5 heteroatoms. The van der Waals surface area contributed by atoms with E-state index in [0.29, 0.717) is 12.1 Å². The van der Waals surface area contributed by atoms with Crippen molar-refractivity contribution in [2.75, 3.05) is 19.6 Å². The molecule has 0 N–H and O–H groups in total. The second kappa shape index (κ2) is 5.32. The molecule has 1 aliphatic carbocycles. The van der Waals surface area contributed by atoms with E-state index in [9.17, 15) is 14.9 Å². The van der Waals surface area contributed by atoms with Crippen molar-refractivity contribution in [3.05, 3.63) is 39.9 Å². The van der Waals surface area contributed by atoms with Gasteiger partial charge in [-0.3, -0.25) is 19.8 Å². The number of nitrogens with zero attached hydrogens (tertiary/aromatic N) is 2. The van der Waals surface area contributed by atoms with Crippen molar-refractivity contribution < 1.29 is 9.72 Å². The molecule has 1 aliphatic heterocycles. The Kier molecular flexibility index (Phi) is 3.53. The van der Waals surface area contributed by atoms with Crippen LogP contribution in [0.2, 0.25) is 0 Å². The molecule has 2 aliphatic rings. The molecule has 1 saturated heterocycles. The monoisotopic (exact) mass is 274 g/mol. The summed E-state index contributed by atoms with van der Waals surface area (Å²) in [5, 5.41) is 10.7. The summed E-state index contributed by atoms with van der Waals surface area (Å²) in [5.41, 5.74) is 0.422. The molecule has 2 fully saturated rings. The first-order chi connectivity index (χ1) is 9.63. The van der Waals surface area contributed by atoms with E-state index in [0.717, 1.165) is 24.9 Å². The molecule has 5 nitrogen and oxygen atoms in total. The zero-order valence-corrected chi connectivity index (χ0v) is 11.3. The van der Waals surface area contributed by atoms with Gasteiger partial charge < -0.3 is 0 Å². The topological polar surface area (TPSA) is 63.5 Å². The summed E-state index contributed by atoms with van der Waals surface area (Å²) in [7, 11) is 0. The first-order valence-corrected chi connectivity index (χ1v) is 7.13. The number of non-ortho nitro benzene ring substituents is 1. The van der Waals surface area contributed by atoms with Crippen LogP contribution in [0.1, 0.15) is 29.6 Å². The molecule has 2 atom stereocenters. The molecule has 1 heterocycles. The van der Waals surface area contributed by atoms with Crippen LogP contribution in [0.25, 0.3) is 0 Å². The average Bonchev–Trinajstić information content (AvgIpc) is 2.99. The number of fused-ring (bicyclic) bond motifs is 1. The van der Waals surface area contributed by atoms with E-state index in [4.69, 9.17) is 0 Å². The smallest absolute Gasteiger partial charge is 0.270 e. The number of likely N-dealkylation sites (tertiary alicyclic amines) is 1. The SMILES string of the molecule is O=C(CN1CC2CCCC2C1)c1cccc([N+](=O)[O-])c1. The summed E-state index contributed by atoms with van der Waals surface area (Å²) in [5.74, 6) is 1.49. The third-order valence-corrected chi connectivity index (χ3v) is 4.55. The highest BCUT2D eigenvalue weighted by atomic mass is 16.6. The van der Waals surface area contributed by atoms with Crippen LogP contribution in [-0.4, -0.2) is 35.2 Å². The number of nitro benzene ring substituents is 1. The Hall–Kier alpha value is -1.75. The highest BCUT2D eigenvalue weighted by Crippen LogP contribution is 2.37. The number of benzene rings is 1. The van der Waals surface area contributed by atoms with Crippen LogP contribution in [-0.2, 0) is 0 Å². The molecular weight excluding hydrogens is 256 g/mol. The van der Waals surface area contributed by atoms with E-state index >= 15 is 0 Å². The minimum atomic E-state index is -0.461. The standard InChI is InChI=1S/C15H18N2O3/c18-15(11-3-2-6-14(7-11)17(19)20)10-16-8-12-4-1-5-13(12)9-16/h2-3,6-7,12-13H,1,4-5,8-10H2. The lowest BCUT2D eigenvalue weighted by Crippen LogP contribution is -2.28. The Morgan fingerprint density at radius 3 is 2.65 bits per heavy atom. The van der Waals surface area contributed by atoms with Crippen LogP contribution < -0.4 is 0 Å². The maximum atomic E-state index is 12.2. The zero-order chi connectivity index (χ0) is 14.1. The van der Waals surface area contributed by atoms with Gasteiger partial charge in [-0.2, -0.15) is 0 Å². The van der Waals surface area contributed by atoms with Gasteiger partial charge >= 0.3 is 0 Å². The molecule has 3 rings (SSSR count). The van der Waals surface area contributed by atoms with Crippen molar-refractivity contribution in [3.8, 4) is 0 Å². The van der Waals surface area contributed by atoms with Crippen LogP contribution in [0.3, 0.4) is 0 Å². The van der Waals surface area contributed by atoms with Gasteiger partial charge in [-0.25, -0.2) is 0 Å². The van der Waals surface area contributed by atoms with Gasteiger partial charge in [0, 0.05) is 30.8 Å². The molecule has 1 aromatic carbocycles. The predicted octanol–water partition coefficient (Wildman–Crippen LogP) is 2.51. The molecule has 0 bridgehead atoms. The summed E-state index contributed by atoms with van der Waals surface area (Å²) < 4.78 is 0. The van der Waals surface area contributed by atoms with Crippen LogP contribution in [0.4, 0.5) is 5.69 Å². The first kappa shape index (κ1) is 13.2. The molecule has 0 aromatic heterocycles. The Morgan fingerprint density at radius 2 is 2.00 bits per heavy atom. The Morgan fingerprint density at radius 1 is 1.30 bits per heavy atom. The third kappa shape index (κ3) is 2.58. The number of Topliss-reactive ketones (excluding diaryl/α,β-unsaturated/α-hetero) is 1. The van der Waals surface area contributed by atoms with E-state index in [1.807, 2.05) is 0 Å². The summed E-state index contributed by atoms with van der Waals surface area (Å²) in [6.07, 6.45) is 3.89. The van der Waals surface area contributed by atoms with Crippen molar-refractivity contribution in [1.29, 1.82) is 0 Å². The van der Waals surface area contributed by atoms with Gasteiger partial charge in [0.1, 0.15) is 0 Å². The lowest BCUT2D eigenvalue weighted by atomic mass is 10.0. The number of rotatable bonds is 4. The van der Waals surface area contributed by atoms with Gasteiger partial charge in [0.15, 0.2) is 5.78 Å². The van der Waals surface area contributed by atoms with Gasteiger partial charge in [-0.1, -0.05) is 18.6 Å². The lowest BCUT2D eigenvalue weighted by Gasteiger charge is -2.15. The molecule has 0 radical (unpaired) electrons. The number of hydrogen-bond donors (Lipinski definition) is 0. The molecule has 1 aromatic rings. The molecule has 0 spiro atoms. The second-order valence-electron chi connectivity index (χ2n) is 5.88. The van der Waals surface area contributed by atoms with Gasteiger partial charge in [0.05, 0.1) is 11.5 Å². The van der Waals surface area contributed by atoms with Gasteiger partial charge in [-0.05, 0) is 24.7 Å². The van der Waals surface area contributed by atoms with Crippen LogP contribution in [0.5, 0.6) is 0 Å². The number of ketones is 1. The van der Waals surface area contributed by atoms with E-state index in [1.54, 1.807) is 12.1 Å². The fourth-order valence-electron chi connectivity index (χ4n) is 3.55. The molecule has 1 saturated carbocycles. The fraction of sp³-hybridized carbons (Fsp3) is 0.533. The lowest BCUT2D eigenvalue weighted by molar-refractivity contribution is -0.384. The summed E-state index contributed by atoms with van der Waals surface area (Å²) in [6, 6.07) is 6.02. The highest BCUT2D eigenvalue weighted by Gasteiger charge is 2.36. The van der Waals surface area contributed by atoms with Crippen LogP contribution >= 0.6 is 0 Å². The van der Waals surface area contributed by atoms with E-state index < -0.39 is 4.92 Å². The van der Waals surface area contributed by atoms with E-state index in [2.05, 4.69) is 4.90 Å². The van der Waals surface area contributed by atoms with Crippen LogP contribution in [0.15, 0.2) is 24.3 Å². The minimum absolute atomic E-state index is 0.0193. The zero-order valence-electron chi connectivity index (χ0n) is 11.3. The van der Waals surface area contributed by atoms with Crippen molar-refractivity contribution in [2.24, 2.45) is 11.8 Å². The van der Waals surface area contributed by atoms with Crippen molar-refractivity contribution in [1.82, 2.24) is 4.90 Å². The van der Waals surface area contributed by atoms with E-state index in [1.165, 1.54) is 31.4 Å². The van der Waals surface area contributed by atoms with Crippen LogP contribution in [0, 0.1) is 22.0 Å². The average molecular weight is 274 g/mol. The quantitative estimate of drug-likeness (QED) is 0.481. The maximum absolute atomic E-state index is 12.2. The summed E-state index contributed by atoms with van der Waals surface area (Å²) in [6.45, 7) is 2.39. The molecule has 2 unspecified atom stereocenters. The fourth-order valence-corrected chi connectivity index (χ4v) is 3.55. The normalized spacial score (nSPS) is 25.6. The molecular formula is C15H18N2O3. The third-order valence-electron chi connectivity index (χ3n) is 4.55. The van der Waals surface area contributed by atoms with Crippen molar-refractivity contribution in [2.45, 2.75) is 19.3 Å². The van der Waals surface area contributed by atoms with Crippen molar-refractivity contribution >= 4 is 11.5 Å². The van der Waals surface area contributed by atoms with Gasteiger partial charge in [0.25, 0.3) is 5.69 Å². The first-order valence-electron chi connectivity index (χ1n) is 7.13.